The highest BCUT2D eigenvalue weighted by Gasteiger charge is 2.47. The Morgan fingerprint density at radius 1 is 0.206 bits per heavy atom. The molecule has 0 fully saturated rings. The number of aromatic nitrogens is 6. The van der Waals surface area contributed by atoms with E-state index in [-0.39, 0.29) is 5.57 Å². The van der Waals surface area contributed by atoms with Crippen LogP contribution in [0.15, 0.2) is 364 Å². The number of rotatable bonds is 13. The van der Waals surface area contributed by atoms with Gasteiger partial charge in [0, 0.05) is 66.2 Å². The second-order valence-electron chi connectivity index (χ2n) is 25.3. The molecule has 2 aromatic heterocycles. The lowest BCUT2D eigenvalue weighted by molar-refractivity contribution is 0.585. The van der Waals surface area contributed by atoms with Crippen LogP contribution < -0.4 is 30.8 Å². The number of hydrogen-bond donors (Lipinski definition) is 0. The van der Waals surface area contributed by atoms with Gasteiger partial charge in [0.25, 0.3) is 7.29 Å². The Balaban J connectivity index is 0.764. The van der Waals surface area contributed by atoms with Crippen molar-refractivity contribution >= 4 is 58.8 Å². The van der Waals surface area contributed by atoms with Gasteiger partial charge >= 0.3 is 0 Å². The fourth-order valence-corrected chi connectivity index (χ4v) is 20.0. The van der Waals surface area contributed by atoms with E-state index in [4.69, 9.17) is 29.9 Å². The molecule has 102 heavy (non-hydrogen) atoms. The number of nitrogens with zero attached hydrogens (tertiary/aromatic N) is 8. The lowest BCUT2D eigenvalue weighted by Gasteiger charge is -2.40. The van der Waals surface area contributed by atoms with Crippen molar-refractivity contribution in [1.29, 1.82) is 0 Å². The minimum Gasteiger partial charge on any atom is -0.289 e. The minimum absolute atomic E-state index is 0.177. The van der Waals surface area contributed by atoms with E-state index in [0.29, 0.717) is 45.0 Å². The molecule has 14 aromatic carbocycles. The summed E-state index contributed by atoms with van der Waals surface area (Å²) in [6.07, 6.45) is 0. The van der Waals surface area contributed by atoms with E-state index in [0.717, 1.165) is 117 Å². The van der Waals surface area contributed by atoms with E-state index in [2.05, 4.69) is 132 Å². The normalized spacial score (nSPS) is 15.0. The van der Waals surface area contributed by atoms with Gasteiger partial charge in [-0.15, -0.1) is 0 Å². The summed E-state index contributed by atoms with van der Waals surface area (Å²) >= 11 is 0. The van der Waals surface area contributed by atoms with Crippen LogP contribution in [0.1, 0.15) is 0 Å². The SMILES string of the molecule is O=P1(c2cccc(-c3ccc(-c4ccc5c(c4)-c4cc(-c6ccccc6)ccc4P(=O)(c4nc(-c6ccccc6)nc(-c6ccccc6)n4)N5c4ccccc4)cc3)c2)c2ccc(-c3nc(-c4ccccc4)nc(-c4ccccc4)n3)cc2-c2cc(-c3ccccc3)ccc2N1c1ccccc1. The first kappa shape index (κ1) is 61.5. The molecule has 10 nitrogen and oxygen atoms in total. The molecule has 0 bridgehead atoms. The van der Waals surface area contributed by atoms with Crippen LogP contribution in [-0.2, 0) is 9.13 Å². The van der Waals surface area contributed by atoms with Gasteiger partial charge in [0.2, 0.25) is 12.9 Å². The molecule has 2 unspecified atom stereocenters. The average molecular weight is 1350 g/mol. The summed E-state index contributed by atoms with van der Waals surface area (Å²) < 4.78 is 39.1. The molecule has 0 radical (unpaired) electrons. The highest BCUT2D eigenvalue weighted by molar-refractivity contribution is 7.81. The quantitative estimate of drug-likeness (QED) is 0.103. The summed E-state index contributed by atoms with van der Waals surface area (Å²) in [7, 11) is -7.88. The summed E-state index contributed by atoms with van der Waals surface area (Å²) in [6.45, 7) is 0. The monoisotopic (exact) mass is 1350 g/mol. The Morgan fingerprint density at radius 3 is 0.892 bits per heavy atom. The van der Waals surface area contributed by atoms with E-state index in [1.54, 1.807) is 0 Å². The van der Waals surface area contributed by atoms with Crippen molar-refractivity contribution in [2.75, 3.05) is 9.34 Å². The molecule has 0 spiro atoms. The Labute approximate surface area is 591 Å². The zero-order valence-corrected chi connectivity index (χ0v) is 56.7. The summed E-state index contributed by atoms with van der Waals surface area (Å²) in [5.74, 6) is 2.46. The minimum atomic E-state index is -4.04. The van der Waals surface area contributed by atoms with Crippen molar-refractivity contribution in [2.24, 2.45) is 0 Å². The number of fused-ring (bicyclic) bond motifs is 6. The average Bonchev–Trinajstić information content (AvgIpc) is 0.709. The van der Waals surface area contributed by atoms with Crippen LogP contribution in [0.5, 0.6) is 0 Å². The molecule has 12 heteroatoms. The van der Waals surface area contributed by atoms with E-state index in [9.17, 15) is 0 Å². The highest BCUT2D eigenvalue weighted by atomic mass is 31.2. The third-order valence-electron chi connectivity index (χ3n) is 19.1. The van der Waals surface area contributed by atoms with Crippen LogP contribution in [0.25, 0.3) is 124 Å². The number of hydrogen-bond acceptors (Lipinski definition) is 8. The van der Waals surface area contributed by atoms with Gasteiger partial charge in [0.15, 0.2) is 29.1 Å². The van der Waals surface area contributed by atoms with Crippen molar-refractivity contribution in [1.82, 2.24) is 29.9 Å². The van der Waals surface area contributed by atoms with E-state index < -0.39 is 14.6 Å². The smallest absolute Gasteiger partial charge is 0.270 e. The van der Waals surface area contributed by atoms with Crippen LogP contribution in [0.2, 0.25) is 0 Å². The maximum Gasteiger partial charge on any atom is 0.270 e. The largest absolute Gasteiger partial charge is 0.289 e. The predicted molar refractivity (Wildman–Crippen MR) is 417 cm³/mol. The zero-order valence-electron chi connectivity index (χ0n) is 54.9. The van der Waals surface area contributed by atoms with Gasteiger partial charge in [-0.25, -0.2) is 29.9 Å². The van der Waals surface area contributed by atoms with Crippen molar-refractivity contribution in [3.8, 4) is 124 Å². The van der Waals surface area contributed by atoms with Gasteiger partial charge in [-0.1, -0.05) is 279 Å². The van der Waals surface area contributed by atoms with Crippen molar-refractivity contribution in [3.63, 3.8) is 0 Å². The zero-order chi connectivity index (χ0) is 68.1. The molecule has 4 heterocycles. The fraction of sp³-hybridized carbons (Fsp3) is 0. The molecule has 0 saturated carbocycles. The highest BCUT2D eigenvalue weighted by Crippen LogP contribution is 2.64. The molecule has 0 N–H and O–H groups in total. The molecule has 0 amide bonds. The second kappa shape index (κ2) is 25.8. The lowest BCUT2D eigenvalue weighted by atomic mass is 9.93. The molecule has 2 atom stereocenters. The van der Waals surface area contributed by atoms with Gasteiger partial charge in [0.1, 0.15) is 0 Å². The van der Waals surface area contributed by atoms with Crippen molar-refractivity contribution in [3.05, 3.63) is 364 Å². The van der Waals surface area contributed by atoms with Crippen molar-refractivity contribution < 1.29 is 9.13 Å². The molecule has 0 aliphatic carbocycles. The Morgan fingerprint density at radius 2 is 0.480 bits per heavy atom. The topological polar surface area (TPSA) is 118 Å². The third-order valence-corrected chi connectivity index (χ3v) is 24.9. The van der Waals surface area contributed by atoms with Gasteiger partial charge in [-0.2, -0.15) is 0 Å². The molecule has 0 saturated heterocycles. The van der Waals surface area contributed by atoms with E-state index in [1.807, 2.05) is 241 Å². The van der Waals surface area contributed by atoms with Crippen molar-refractivity contribution in [2.45, 2.75) is 0 Å². The van der Waals surface area contributed by atoms with Crippen LogP contribution in [0.4, 0.5) is 22.7 Å². The van der Waals surface area contributed by atoms with Gasteiger partial charge in [0.05, 0.1) is 11.4 Å². The van der Waals surface area contributed by atoms with Crippen LogP contribution in [-0.4, -0.2) is 29.9 Å². The lowest BCUT2D eigenvalue weighted by Crippen LogP contribution is -2.37. The van der Waals surface area contributed by atoms with E-state index in [1.165, 1.54) is 0 Å². The van der Waals surface area contributed by atoms with E-state index >= 15 is 9.13 Å². The molecule has 2 aliphatic rings. The first-order valence-electron chi connectivity index (χ1n) is 33.9. The maximum absolute atomic E-state index is 17.6. The van der Waals surface area contributed by atoms with Crippen LogP contribution in [0, 0.1) is 0 Å². The Bertz CT molecular complexity index is 5830. The Kier molecular flexibility index (Phi) is 15.5. The molecule has 16 aromatic rings. The molecule has 2 aliphatic heterocycles. The summed E-state index contributed by atoms with van der Waals surface area (Å²) in [6, 6.07) is 122. The Hall–Kier alpha value is -12.8. The number of para-hydroxylation sites is 2. The summed E-state index contributed by atoms with van der Waals surface area (Å²) in [4.78, 5) is 30.8. The maximum atomic E-state index is 17.6. The standard InChI is InChI=1S/C90H60N8O2P2/c99-101(83-55-51-73(89-92-85(65-30-13-3-14-31-65)91-86(93-89)66-32-15-4-16-33-66)60-80(83)78-57-70(61-26-9-1-10-27-61)48-52-81(78)97(101)74-39-21-7-22-40-74)76-43-25-38-69(56-76)63-44-46-64(47-45-63)71-49-53-82-77(58-71)79-59-72(62-28-11-2-12-29-62)50-54-84(79)102(100,98(82)75-41-23-8-24-42-75)90-95-87(67-34-17-5-18-35-67)94-88(96-90)68-36-19-6-20-37-68/h1-60H. The summed E-state index contributed by atoms with van der Waals surface area (Å²) in [5.41, 5.74) is 18.7. The second-order valence-corrected chi connectivity index (χ2v) is 30.3. The van der Waals surface area contributed by atoms with Crippen LogP contribution >= 0.6 is 14.6 Å². The van der Waals surface area contributed by atoms with Gasteiger partial charge < -0.3 is 0 Å². The third kappa shape index (κ3) is 10.9. The van der Waals surface area contributed by atoms with Gasteiger partial charge in [-0.3, -0.25) is 18.5 Å². The first-order chi connectivity index (χ1) is 50.3. The first-order valence-corrected chi connectivity index (χ1v) is 37.2. The molecule has 18 rings (SSSR count). The predicted octanol–water partition coefficient (Wildman–Crippen LogP) is 21.2. The number of anilines is 4. The molecular formula is C90H60N8O2P2. The van der Waals surface area contributed by atoms with Gasteiger partial charge in [-0.05, 0) is 141 Å². The molecule has 482 valence electrons. The summed E-state index contributed by atoms with van der Waals surface area (Å²) in [5, 5.41) is 1.97. The van der Waals surface area contributed by atoms with Crippen LogP contribution in [0.3, 0.4) is 0 Å². The molecular weight excluding hydrogens is 1290 g/mol. The fourth-order valence-electron chi connectivity index (χ4n) is 14.2. The number of benzene rings is 14.